The molecule has 19 heavy (non-hydrogen) atoms. The minimum Gasteiger partial charge on any atom is -0.481 e. The summed E-state index contributed by atoms with van der Waals surface area (Å²) < 4.78 is 6.83. The molecule has 0 bridgehead atoms. The molecule has 0 aromatic carbocycles. The van der Waals surface area contributed by atoms with E-state index in [1.165, 1.54) is 0 Å². The number of rotatable bonds is 6. The van der Waals surface area contributed by atoms with Gasteiger partial charge in [-0.1, -0.05) is 11.8 Å². The summed E-state index contributed by atoms with van der Waals surface area (Å²) in [5, 5.41) is 16.9. The molecule has 0 fully saturated rings. The lowest BCUT2D eigenvalue weighted by molar-refractivity contribution is -0.133. The average Bonchev–Trinajstić information content (AvgIpc) is 2.84. The Kier molecular flexibility index (Phi) is 4.35. The minimum absolute atomic E-state index is 0.0433. The smallest absolute Gasteiger partial charge is 0.313 e. The van der Waals surface area contributed by atoms with Crippen molar-refractivity contribution in [2.75, 3.05) is 12.9 Å². The van der Waals surface area contributed by atoms with Crippen LogP contribution in [-0.2, 0) is 11.3 Å². The first-order chi connectivity index (χ1) is 9.19. The first-order valence-corrected chi connectivity index (χ1v) is 6.39. The second-order valence-electron chi connectivity index (χ2n) is 3.63. The molecule has 2 aromatic heterocycles. The monoisotopic (exact) mass is 280 g/mol. The van der Waals surface area contributed by atoms with E-state index in [0.29, 0.717) is 17.6 Å². The fourth-order valence-electron chi connectivity index (χ4n) is 1.45. The van der Waals surface area contributed by atoms with Crippen LogP contribution in [0.5, 0.6) is 5.88 Å². The summed E-state index contributed by atoms with van der Waals surface area (Å²) in [5.74, 6) is -0.395. The van der Waals surface area contributed by atoms with E-state index in [1.54, 1.807) is 24.2 Å². The molecule has 0 spiro atoms. The van der Waals surface area contributed by atoms with E-state index in [0.717, 1.165) is 17.3 Å². The third-order valence-electron chi connectivity index (χ3n) is 2.27. The number of nitrogens with zero attached hydrogens (tertiary/aromatic N) is 4. The zero-order valence-electron chi connectivity index (χ0n) is 10.2. The molecule has 2 aromatic rings. The number of hydrogen-bond acceptors (Lipinski definition) is 6. The molecule has 0 saturated carbocycles. The van der Waals surface area contributed by atoms with E-state index < -0.39 is 5.97 Å². The molecule has 7 nitrogen and oxygen atoms in total. The number of carboxylic acids is 1. The van der Waals surface area contributed by atoms with Gasteiger partial charge in [-0.2, -0.15) is 0 Å². The van der Waals surface area contributed by atoms with Crippen molar-refractivity contribution in [2.24, 2.45) is 0 Å². The summed E-state index contributed by atoms with van der Waals surface area (Å²) in [5.41, 5.74) is 0.976. The van der Waals surface area contributed by atoms with Gasteiger partial charge in [0.25, 0.3) is 0 Å². The Balaban J connectivity index is 2.10. The van der Waals surface area contributed by atoms with Crippen molar-refractivity contribution < 1.29 is 14.6 Å². The van der Waals surface area contributed by atoms with Gasteiger partial charge >= 0.3 is 5.97 Å². The van der Waals surface area contributed by atoms with E-state index in [4.69, 9.17) is 9.84 Å². The van der Waals surface area contributed by atoms with Crippen LogP contribution in [0, 0.1) is 0 Å². The van der Waals surface area contributed by atoms with Crippen LogP contribution in [0.3, 0.4) is 0 Å². The van der Waals surface area contributed by atoms with Crippen LogP contribution in [0.1, 0.15) is 5.56 Å². The predicted molar refractivity (Wildman–Crippen MR) is 68.3 cm³/mol. The van der Waals surface area contributed by atoms with Gasteiger partial charge in [-0.05, 0) is 11.6 Å². The highest BCUT2D eigenvalue weighted by atomic mass is 32.2. The summed E-state index contributed by atoms with van der Waals surface area (Å²) in [4.78, 5) is 14.6. The topological polar surface area (TPSA) is 90.1 Å². The standard InChI is InChI=1S/C11H12N4O3S/c1-18-9-4-8(2-3-12-9)5-15-7-13-14-11(15)19-6-10(16)17/h2-4,7H,5-6H2,1H3,(H,16,17). The summed E-state index contributed by atoms with van der Waals surface area (Å²) in [7, 11) is 1.55. The van der Waals surface area contributed by atoms with Gasteiger partial charge in [-0.15, -0.1) is 10.2 Å². The first-order valence-electron chi connectivity index (χ1n) is 5.40. The molecule has 0 aliphatic carbocycles. The van der Waals surface area contributed by atoms with Gasteiger partial charge in [0.05, 0.1) is 19.4 Å². The van der Waals surface area contributed by atoms with Crippen LogP contribution in [0.2, 0.25) is 0 Å². The van der Waals surface area contributed by atoms with Crippen LogP contribution in [0.4, 0.5) is 0 Å². The molecular weight excluding hydrogens is 268 g/mol. The highest BCUT2D eigenvalue weighted by Crippen LogP contribution is 2.17. The number of thioether (sulfide) groups is 1. The van der Waals surface area contributed by atoms with E-state index in [2.05, 4.69) is 15.2 Å². The van der Waals surface area contributed by atoms with Gasteiger partial charge in [-0.25, -0.2) is 4.98 Å². The number of aromatic nitrogens is 4. The van der Waals surface area contributed by atoms with Gasteiger partial charge < -0.3 is 14.4 Å². The van der Waals surface area contributed by atoms with Crippen molar-refractivity contribution in [2.45, 2.75) is 11.7 Å². The highest BCUT2D eigenvalue weighted by Gasteiger charge is 2.08. The van der Waals surface area contributed by atoms with Crippen molar-refractivity contribution in [3.63, 3.8) is 0 Å². The van der Waals surface area contributed by atoms with Crippen LogP contribution in [0.25, 0.3) is 0 Å². The predicted octanol–water partition coefficient (Wildman–Crippen LogP) is 0.907. The molecule has 2 heterocycles. The van der Waals surface area contributed by atoms with Gasteiger partial charge in [0.2, 0.25) is 5.88 Å². The van der Waals surface area contributed by atoms with E-state index in [9.17, 15) is 4.79 Å². The molecule has 8 heteroatoms. The van der Waals surface area contributed by atoms with Crippen LogP contribution >= 0.6 is 11.8 Å². The zero-order valence-corrected chi connectivity index (χ0v) is 11.0. The SMILES string of the molecule is COc1cc(Cn2cnnc2SCC(=O)O)ccn1. The second kappa shape index (κ2) is 6.19. The maximum atomic E-state index is 10.5. The molecule has 1 N–H and O–H groups in total. The van der Waals surface area contributed by atoms with Gasteiger partial charge in [0.1, 0.15) is 6.33 Å². The number of carbonyl (C=O) groups is 1. The summed E-state index contributed by atoms with van der Waals surface area (Å²) >= 11 is 1.13. The maximum Gasteiger partial charge on any atom is 0.313 e. The third-order valence-corrected chi connectivity index (χ3v) is 3.23. The zero-order chi connectivity index (χ0) is 13.7. The molecule has 2 rings (SSSR count). The van der Waals surface area contributed by atoms with Crippen molar-refractivity contribution in [1.82, 2.24) is 19.7 Å². The molecule has 0 unspecified atom stereocenters. The number of methoxy groups -OCH3 is 1. The van der Waals surface area contributed by atoms with Crippen molar-refractivity contribution in [1.29, 1.82) is 0 Å². The van der Waals surface area contributed by atoms with Crippen molar-refractivity contribution in [3.05, 3.63) is 30.2 Å². The van der Waals surface area contributed by atoms with Crippen LogP contribution in [0.15, 0.2) is 29.8 Å². The summed E-state index contributed by atoms with van der Waals surface area (Å²) in [6, 6.07) is 3.67. The number of ether oxygens (including phenoxy) is 1. The lowest BCUT2D eigenvalue weighted by atomic mass is 10.2. The third kappa shape index (κ3) is 3.68. The van der Waals surface area contributed by atoms with Crippen molar-refractivity contribution in [3.8, 4) is 5.88 Å². The van der Waals surface area contributed by atoms with E-state index in [1.807, 2.05) is 12.1 Å². The molecule has 0 aliphatic rings. The van der Waals surface area contributed by atoms with Crippen molar-refractivity contribution >= 4 is 17.7 Å². The Morgan fingerprint density at radius 3 is 3.16 bits per heavy atom. The number of carboxylic acid groups (broad SMARTS) is 1. The largest absolute Gasteiger partial charge is 0.481 e. The molecule has 0 atom stereocenters. The van der Waals surface area contributed by atoms with Crippen LogP contribution in [-0.4, -0.2) is 43.7 Å². The molecule has 0 aliphatic heterocycles. The van der Waals surface area contributed by atoms with Gasteiger partial charge in [0, 0.05) is 12.3 Å². The lowest BCUT2D eigenvalue weighted by Gasteiger charge is -2.06. The van der Waals surface area contributed by atoms with E-state index in [-0.39, 0.29) is 5.75 Å². The quantitative estimate of drug-likeness (QED) is 0.786. The second-order valence-corrected chi connectivity index (χ2v) is 4.57. The van der Waals surface area contributed by atoms with Crippen LogP contribution < -0.4 is 4.74 Å². The Labute approximate surface area is 113 Å². The van der Waals surface area contributed by atoms with Gasteiger partial charge in [0.15, 0.2) is 5.16 Å². The summed E-state index contributed by atoms with van der Waals surface area (Å²) in [6.07, 6.45) is 3.22. The normalized spacial score (nSPS) is 10.4. The first kappa shape index (κ1) is 13.3. The maximum absolute atomic E-state index is 10.5. The fraction of sp³-hybridized carbons (Fsp3) is 0.273. The Morgan fingerprint density at radius 2 is 2.42 bits per heavy atom. The molecule has 100 valence electrons. The Bertz CT molecular complexity index is 573. The lowest BCUT2D eigenvalue weighted by Crippen LogP contribution is -2.04. The molecule has 0 saturated heterocycles. The number of hydrogen-bond donors (Lipinski definition) is 1. The highest BCUT2D eigenvalue weighted by molar-refractivity contribution is 7.99. The summed E-state index contributed by atoms with van der Waals surface area (Å²) in [6.45, 7) is 0.536. The fourth-order valence-corrected chi connectivity index (χ4v) is 2.08. The Morgan fingerprint density at radius 1 is 1.58 bits per heavy atom. The molecule has 0 amide bonds. The minimum atomic E-state index is -0.884. The number of aliphatic carboxylic acids is 1. The molecule has 0 radical (unpaired) electrons. The molecular formula is C11H12N4O3S. The number of pyridine rings is 1. The van der Waals surface area contributed by atoms with E-state index >= 15 is 0 Å². The van der Waals surface area contributed by atoms with Gasteiger partial charge in [-0.3, -0.25) is 4.79 Å². The average molecular weight is 280 g/mol. The Hall–Kier alpha value is -2.09.